The molecule has 0 saturated carbocycles. The molecular weight excluding hydrogens is 264 g/mol. The van der Waals surface area contributed by atoms with Crippen LogP contribution in [0.4, 0.5) is 0 Å². The summed E-state index contributed by atoms with van der Waals surface area (Å²) in [6.45, 7) is 5.86. The normalized spacial score (nSPS) is 16.6. The third kappa shape index (κ3) is 3.46. The van der Waals surface area contributed by atoms with Gasteiger partial charge in [0.05, 0.1) is 19.8 Å². The van der Waals surface area contributed by atoms with Crippen LogP contribution in [0.3, 0.4) is 0 Å². The molecule has 21 heavy (non-hydrogen) atoms. The van der Waals surface area contributed by atoms with Crippen LogP contribution in [0, 0.1) is 0 Å². The summed E-state index contributed by atoms with van der Waals surface area (Å²) >= 11 is 0. The number of morpholine rings is 1. The van der Waals surface area contributed by atoms with Crippen LogP contribution in [-0.4, -0.2) is 54.0 Å². The van der Waals surface area contributed by atoms with Gasteiger partial charge in [-0.05, 0) is 31.0 Å². The maximum absolute atomic E-state index is 9.20. The molecule has 0 spiro atoms. The Morgan fingerprint density at radius 1 is 1.10 bits per heavy atom. The quantitative estimate of drug-likeness (QED) is 0.882. The van der Waals surface area contributed by atoms with E-state index in [0.717, 1.165) is 39.3 Å². The molecule has 0 amide bonds. The molecular formula is C17H24N2O2. The molecule has 3 rings (SSSR count). The van der Waals surface area contributed by atoms with Gasteiger partial charge in [-0.25, -0.2) is 0 Å². The number of nitrogens with zero attached hydrogens (tertiary/aromatic N) is 2. The molecule has 1 fully saturated rings. The summed E-state index contributed by atoms with van der Waals surface area (Å²) in [7, 11) is 0. The van der Waals surface area contributed by atoms with Crippen molar-refractivity contribution >= 4 is 10.9 Å². The number of hydrogen-bond donors (Lipinski definition) is 1. The highest BCUT2D eigenvalue weighted by molar-refractivity contribution is 5.83. The largest absolute Gasteiger partial charge is 0.395 e. The average Bonchev–Trinajstić information content (AvgIpc) is 2.87. The van der Waals surface area contributed by atoms with Crippen molar-refractivity contribution in [2.75, 3.05) is 39.5 Å². The van der Waals surface area contributed by atoms with Gasteiger partial charge in [0, 0.05) is 36.7 Å². The minimum absolute atomic E-state index is 0.186. The van der Waals surface area contributed by atoms with Gasteiger partial charge in [-0.15, -0.1) is 0 Å². The number of aromatic nitrogens is 1. The highest BCUT2D eigenvalue weighted by Crippen LogP contribution is 2.22. The fourth-order valence-electron chi connectivity index (χ4n) is 3.13. The summed E-state index contributed by atoms with van der Waals surface area (Å²) in [5, 5.41) is 10.5. The van der Waals surface area contributed by atoms with Crippen LogP contribution >= 0.6 is 0 Å². The van der Waals surface area contributed by atoms with E-state index >= 15 is 0 Å². The molecule has 4 nitrogen and oxygen atoms in total. The van der Waals surface area contributed by atoms with Crippen LogP contribution in [0.15, 0.2) is 30.5 Å². The molecule has 0 atom stereocenters. The first kappa shape index (κ1) is 14.6. The standard InChI is InChI=1S/C17H24N2O2/c20-11-8-19-14-15(16-5-1-2-6-17(16)19)4-3-7-18-9-12-21-13-10-18/h1-2,5-6,14,20H,3-4,7-13H2. The van der Waals surface area contributed by atoms with Crippen LogP contribution in [0.25, 0.3) is 10.9 Å². The third-order valence-corrected chi connectivity index (χ3v) is 4.24. The molecule has 0 aliphatic carbocycles. The maximum atomic E-state index is 9.20. The molecule has 2 heterocycles. The van der Waals surface area contributed by atoms with Gasteiger partial charge in [0.1, 0.15) is 0 Å². The number of rotatable bonds is 6. The summed E-state index contributed by atoms with van der Waals surface area (Å²) in [5.74, 6) is 0. The van der Waals surface area contributed by atoms with Gasteiger partial charge < -0.3 is 14.4 Å². The summed E-state index contributed by atoms with van der Waals surface area (Å²) in [4.78, 5) is 2.48. The summed E-state index contributed by atoms with van der Waals surface area (Å²) in [6.07, 6.45) is 4.48. The molecule has 0 radical (unpaired) electrons. The van der Waals surface area contributed by atoms with Gasteiger partial charge in [-0.1, -0.05) is 18.2 Å². The molecule has 1 N–H and O–H groups in total. The van der Waals surface area contributed by atoms with Crippen molar-refractivity contribution in [3.63, 3.8) is 0 Å². The van der Waals surface area contributed by atoms with Crippen LogP contribution in [-0.2, 0) is 17.7 Å². The zero-order valence-corrected chi connectivity index (χ0v) is 12.5. The number of hydrogen-bond acceptors (Lipinski definition) is 3. The Balaban J connectivity index is 1.65. The number of ether oxygens (including phenoxy) is 1. The molecule has 1 aliphatic rings. The second kappa shape index (κ2) is 7.07. The number of aliphatic hydroxyl groups is 1. The lowest BCUT2D eigenvalue weighted by Gasteiger charge is -2.26. The van der Waals surface area contributed by atoms with Crippen molar-refractivity contribution in [2.24, 2.45) is 0 Å². The van der Waals surface area contributed by atoms with E-state index in [2.05, 4.69) is 39.9 Å². The van der Waals surface area contributed by atoms with Crippen molar-refractivity contribution in [1.29, 1.82) is 0 Å². The Kier molecular flexibility index (Phi) is 4.91. The van der Waals surface area contributed by atoms with E-state index in [1.807, 2.05) is 0 Å². The van der Waals surface area contributed by atoms with E-state index in [1.165, 1.54) is 22.9 Å². The fraction of sp³-hybridized carbons (Fsp3) is 0.529. The highest BCUT2D eigenvalue weighted by atomic mass is 16.5. The minimum Gasteiger partial charge on any atom is -0.395 e. The number of aryl methyl sites for hydroxylation is 1. The lowest BCUT2D eigenvalue weighted by Crippen LogP contribution is -2.36. The number of fused-ring (bicyclic) bond motifs is 1. The number of benzene rings is 1. The van der Waals surface area contributed by atoms with Crippen LogP contribution < -0.4 is 0 Å². The molecule has 4 heteroatoms. The Morgan fingerprint density at radius 2 is 1.90 bits per heavy atom. The maximum Gasteiger partial charge on any atom is 0.0610 e. The van der Waals surface area contributed by atoms with Gasteiger partial charge in [0.15, 0.2) is 0 Å². The van der Waals surface area contributed by atoms with Gasteiger partial charge in [0.2, 0.25) is 0 Å². The second-order valence-corrected chi connectivity index (χ2v) is 5.65. The zero-order chi connectivity index (χ0) is 14.5. The Hall–Kier alpha value is -1.36. The molecule has 0 bridgehead atoms. The first-order chi connectivity index (χ1) is 10.4. The predicted octanol–water partition coefficient (Wildman–Crippen LogP) is 1.90. The van der Waals surface area contributed by atoms with Crippen molar-refractivity contribution in [1.82, 2.24) is 9.47 Å². The van der Waals surface area contributed by atoms with E-state index in [1.54, 1.807) is 0 Å². The van der Waals surface area contributed by atoms with Gasteiger partial charge in [-0.2, -0.15) is 0 Å². The van der Waals surface area contributed by atoms with Crippen LogP contribution in [0.5, 0.6) is 0 Å². The first-order valence-electron chi connectivity index (χ1n) is 7.86. The summed E-state index contributed by atoms with van der Waals surface area (Å²) in [5.41, 5.74) is 2.63. The van der Waals surface area contributed by atoms with Gasteiger partial charge >= 0.3 is 0 Å². The number of aliphatic hydroxyl groups excluding tert-OH is 1. The highest BCUT2D eigenvalue weighted by Gasteiger charge is 2.11. The van der Waals surface area contributed by atoms with Crippen molar-refractivity contribution in [3.8, 4) is 0 Å². The summed E-state index contributed by atoms with van der Waals surface area (Å²) < 4.78 is 7.55. The van der Waals surface area contributed by atoms with E-state index < -0.39 is 0 Å². The van der Waals surface area contributed by atoms with E-state index in [9.17, 15) is 5.11 Å². The van der Waals surface area contributed by atoms with Crippen LogP contribution in [0.1, 0.15) is 12.0 Å². The molecule has 2 aromatic rings. The molecule has 1 aliphatic heterocycles. The number of para-hydroxylation sites is 1. The molecule has 1 aromatic heterocycles. The molecule has 0 unspecified atom stereocenters. The zero-order valence-electron chi connectivity index (χ0n) is 12.5. The Bertz CT molecular complexity index is 573. The van der Waals surface area contributed by atoms with E-state index in [-0.39, 0.29) is 6.61 Å². The lowest BCUT2D eigenvalue weighted by atomic mass is 10.1. The topological polar surface area (TPSA) is 37.6 Å². The van der Waals surface area contributed by atoms with Crippen LogP contribution in [0.2, 0.25) is 0 Å². The van der Waals surface area contributed by atoms with Crippen molar-refractivity contribution in [2.45, 2.75) is 19.4 Å². The Labute approximate surface area is 125 Å². The fourth-order valence-corrected chi connectivity index (χ4v) is 3.13. The molecule has 1 saturated heterocycles. The van der Waals surface area contributed by atoms with Crippen molar-refractivity contribution < 1.29 is 9.84 Å². The second-order valence-electron chi connectivity index (χ2n) is 5.65. The SMILES string of the molecule is OCCn1cc(CCCN2CCOCC2)c2ccccc21. The third-order valence-electron chi connectivity index (χ3n) is 4.24. The van der Waals surface area contributed by atoms with Crippen molar-refractivity contribution in [3.05, 3.63) is 36.0 Å². The van der Waals surface area contributed by atoms with Gasteiger partial charge in [-0.3, -0.25) is 4.90 Å². The smallest absolute Gasteiger partial charge is 0.0610 e. The predicted molar refractivity (Wildman–Crippen MR) is 84.6 cm³/mol. The average molecular weight is 288 g/mol. The lowest BCUT2D eigenvalue weighted by molar-refractivity contribution is 0.0375. The minimum atomic E-state index is 0.186. The van der Waals surface area contributed by atoms with E-state index in [0.29, 0.717) is 6.54 Å². The van der Waals surface area contributed by atoms with Gasteiger partial charge in [0.25, 0.3) is 0 Å². The summed E-state index contributed by atoms with van der Waals surface area (Å²) in [6, 6.07) is 8.48. The Morgan fingerprint density at radius 3 is 2.71 bits per heavy atom. The molecule has 114 valence electrons. The molecule has 1 aromatic carbocycles. The monoisotopic (exact) mass is 288 g/mol. The first-order valence-corrected chi connectivity index (χ1v) is 7.86. The van der Waals surface area contributed by atoms with E-state index in [4.69, 9.17) is 4.74 Å².